The van der Waals surface area contributed by atoms with Crippen molar-refractivity contribution in [3.05, 3.63) is 18.0 Å². The van der Waals surface area contributed by atoms with Gasteiger partial charge in [0.1, 0.15) is 0 Å². The number of hydrogen-bond acceptors (Lipinski definition) is 3. The molecule has 0 aliphatic heterocycles. The summed E-state index contributed by atoms with van der Waals surface area (Å²) >= 11 is 0. The van der Waals surface area contributed by atoms with Gasteiger partial charge in [0.15, 0.2) is 5.75 Å². The molecular formula is C12H20N2O. The summed E-state index contributed by atoms with van der Waals surface area (Å²) in [4.78, 5) is 4.20. The zero-order valence-electron chi connectivity index (χ0n) is 10.2. The second-order valence-electron chi connectivity index (χ2n) is 4.20. The van der Waals surface area contributed by atoms with E-state index in [1.54, 1.807) is 13.3 Å². The van der Waals surface area contributed by atoms with Crippen molar-refractivity contribution >= 4 is 5.69 Å². The number of nitrogens with zero attached hydrogens (tertiary/aromatic N) is 1. The largest absolute Gasteiger partial charge is 0.493 e. The predicted molar refractivity (Wildman–Crippen MR) is 63.4 cm³/mol. The van der Waals surface area contributed by atoms with Crippen LogP contribution in [0, 0.1) is 12.8 Å². The molecule has 15 heavy (non-hydrogen) atoms. The van der Waals surface area contributed by atoms with Gasteiger partial charge in [0.25, 0.3) is 0 Å². The highest BCUT2D eigenvalue weighted by Crippen LogP contribution is 2.25. The van der Waals surface area contributed by atoms with Crippen LogP contribution in [0.15, 0.2) is 12.3 Å². The van der Waals surface area contributed by atoms with Gasteiger partial charge in [0.2, 0.25) is 0 Å². The van der Waals surface area contributed by atoms with E-state index in [2.05, 4.69) is 31.1 Å². The molecule has 3 nitrogen and oxygen atoms in total. The highest BCUT2D eigenvalue weighted by Gasteiger charge is 2.10. The number of aryl methyl sites for hydroxylation is 1. The third-order valence-corrected chi connectivity index (χ3v) is 2.61. The number of ether oxygens (including phenoxy) is 1. The maximum atomic E-state index is 5.26. The van der Waals surface area contributed by atoms with Crippen LogP contribution >= 0.6 is 0 Å². The van der Waals surface area contributed by atoms with Gasteiger partial charge in [-0.15, -0.1) is 0 Å². The van der Waals surface area contributed by atoms with E-state index >= 15 is 0 Å². The molecule has 0 aromatic carbocycles. The van der Waals surface area contributed by atoms with Crippen LogP contribution < -0.4 is 10.1 Å². The molecule has 1 atom stereocenters. The van der Waals surface area contributed by atoms with Crippen LogP contribution in [0.3, 0.4) is 0 Å². The normalized spacial score (nSPS) is 12.7. The van der Waals surface area contributed by atoms with Crippen molar-refractivity contribution in [1.29, 1.82) is 0 Å². The summed E-state index contributed by atoms with van der Waals surface area (Å²) in [5.74, 6) is 1.39. The fourth-order valence-electron chi connectivity index (χ4n) is 1.23. The van der Waals surface area contributed by atoms with E-state index in [1.807, 2.05) is 13.0 Å². The summed E-state index contributed by atoms with van der Waals surface area (Å²) in [6.45, 7) is 8.53. The average Bonchev–Trinajstić information content (AvgIpc) is 2.18. The molecule has 0 fully saturated rings. The Morgan fingerprint density at radius 1 is 1.33 bits per heavy atom. The SMILES string of the molecule is COc1cnc(C)cc1NC(C)C(C)C. The minimum atomic E-state index is 0.417. The summed E-state index contributed by atoms with van der Waals surface area (Å²) in [6.07, 6.45) is 1.75. The van der Waals surface area contributed by atoms with E-state index in [4.69, 9.17) is 4.74 Å². The van der Waals surface area contributed by atoms with Gasteiger partial charge in [0.05, 0.1) is 19.0 Å². The zero-order chi connectivity index (χ0) is 11.4. The lowest BCUT2D eigenvalue weighted by atomic mass is 10.1. The number of pyridine rings is 1. The van der Waals surface area contributed by atoms with Crippen molar-refractivity contribution in [3.63, 3.8) is 0 Å². The molecule has 0 saturated carbocycles. The van der Waals surface area contributed by atoms with Gasteiger partial charge in [-0.3, -0.25) is 4.98 Å². The number of methoxy groups -OCH3 is 1. The maximum absolute atomic E-state index is 5.26. The summed E-state index contributed by atoms with van der Waals surface area (Å²) in [5, 5.41) is 3.44. The molecule has 1 aromatic heterocycles. The fourth-order valence-corrected chi connectivity index (χ4v) is 1.23. The van der Waals surface area contributed by atoms with Gasteiger partial charge in [-0.2, -0.15) is 0 Å². The van der Waals surface area contributed by atoms with Crippen LogP contribution in [0.2, 0.25) is 0 Å². The Balaban J connectivity index is 2.87. The van der Waals surface area contributed by atoms with Crippen molar-refractivity contribution in [3.8, 4) is 5.75 Å². The fraction of sp³-hybridized carbons (Fsp3) is 0.583. The molecule has 0 bridgehead atoms. The van der Waals surface area contributed by atoms with E-state index in [0.29, 0.717) is 12.0 Å². The van der Waals surface area contributed by atoms with E-state index < -0.39 is 0 Å². The molecule has 1 heterocycles. The van der Waals surface area contributed by atoms with Crippen LogP contribution in [-0.2, 0) is 0 Å². The quantitative estimate of drug-likeness (QED) is 0.826. The second kappa shape index (κ2) is 5.01. The summed E-state index contributed by atoms with van der Waals surface area (Å²) in [6, 6.07) is 2.43. The molecule has 0 radical (unpaired) electrons. The van der Waals surface area contributed by atoms with Gasteiger partial charge < -0.3 is 10.1 Å². The Morgan fingerprint density at radius 2 is 2.00 bits per heavy atom. The number of anilines is 1. The van der Waals surface area contributed by atoms with Gasteiger partial charge >= 0.3 is 0 Å². The van der Waals surface area contributed by atoms with Crippen molar-refractivity contribution in [2.24, 2.45) is 5.92 Å². The Kier molecular flexibility index (Phi) is 3.95. The summed E-state index contributed by atoms with van der Waals surface area (Å²) in [7, 11) is 1.66. The van der Waals surface area contributed by atoms with Gasteiger partial charge in [0, 0.05) is 11.7 Å². The minimum absolute atomic E-state index is 0.417. The van der Waals surface area contributed by atoms with E-state index in [1.165, 1.54) is 0 Å². The monoisotopic (exact) mass is 208 g/mol. The Labute approximate surface area is 91.9 Å². The van der Waals surface area contributed by atoms with Crippen LogP contribution in [0.5, 0.6) is 5.75 Å². The second-order valence-corrected chi connectivity index (χ2v) is 4.20. The summed E-state index contributed by atoms with van der Waals surface area (Å²) in [5.41, 5.74) is 2.01. The Bertz CT molecular complexity index is 323. The molecule has 1 aromatic rings. The molecule has 1 unspecified atom stereocenters. The lowest BCUT2D eigenvalue weighted by molar-refractivity contribution is 0.413. The first-order valence-electron chi connectivity index (χ1n) is 5.31. The Morgan fingerprint density at radius 3 is 2.53 bits per heavy atom. The van der Waals surface area contributed by atoms with Crippen molar-refractivity contribution < 1.29 is 4.74 Å². The predicted octanol–water partition coefficient (Wildman–Crippen LogP) is 2.86. The average molecular weight is 208 g/mol. The maximum Gasteiger partial charge on any atom is 0.160 e. The molecule has 0 aliphatic rings. The first-order valence-corrected chi connectivity index (χ1v) is 5.31. The zero-order valence-corrected chi connectivity index (χ0v) is 10.2. The van der Waals surface area contributed by atoms with Gasteiger partial charge in [-0.25, -0.2) is 0 Å². The molecule has 0 aliphatic carbocycles. The molecule has 1 N–H and O–H groups in total. The first kappa shape index (κ1) is 11.8. The van der Waals surface area contributed by atoms with Crippen molar-refractivity contribution in [1.82, 2.24) is 4.98 Å². The lowest BCUT2D eigenvalue weighted by Crippen LogP contribution is -2.21. The third-order valence-electron chi connectivity index (χ3n) is 2.61. The highest BCUT2D eigenvalue weighted by molar-refractivity contribution is 5.56. The Hall–Kier alpha value is -1.25. The van der Waals surface area contributed by atoms with Crippen molar-refractivity contribution in [2.75, 3.05) is 12.4 Å². The van der Waals surface area contributed by atoms with E-state index in [0.717, 1.165) is 17.1 Å². The van der Waals surface area contributed by atoms with Crippen LogP contribution in [0.25, 0.3) is 0 Å². The molecule has 0 saturated heterocycles. The lowest BCUT2D eigenvalue weighted by Gasteiger charge is -2.20. The standard InChI is InChI=1S/C12H20N2O/c1-8(2)10(4)14-11-6-9(3)13-7-12(11)15-5/h6-8,10H,1-5H3,(H,13,14). The summed E-state index contributed by atoms with van der Waals surface area (Å²) < 4.78 is 5.26. The molecular weight excluding hydrogens is 188 g/mol. The van der Waals surface area contributed by atoms with E-state index in [-0.39, 0.29) is 0 Å². The number of aromatic nitrogens is 1. The van der Waals surface area contributed by atoms with Crippen LogP contribution in [0.1, 0.15) is 26.5 Å². The first-order chi connectivity index (χ1) is 7.04. The molecule has 0 spiro atoms. The van der Waals surface area contributed by atoms with Gasteiger partial charge in [-0.05, 0) is 25.8 Å². The number of hydrogen-bond donors (Lipinski definition) is 1. The number of nitrogens with one attached hydrogen (secondary N) is 1. The topological polar surface area (TPSA) is 34.1 Å². The van der Waals surface area contributed by atoms with Crippen LogP contribution in [0.4, 0.5) is 5.69 Å². The third kappa shape index (κ3) is 3.11. The van der Waals surface area contributed by atoms with Gasteiger partial charge in [-0.1, -0.05) is 13.8 Å². The minimum Gasteiger partial charge on any atom is -0.493 e. The van der Waals surface area contributed by atoms with Crippen molar-refractivity contribution in [2.45, 2.75) is 33.7 Å². The number of rotatable bonds is 4. The molecule has 0 amide bonds. The van der Waals surface area contributed by atoms with E-state index in [9.17, 15) is 0 Å². The molecule has 3 heteroatoms. The molecule has 84 valence electrons. The molecule has 1 rings (SSSR count). The smallest absolute Gasteiger partial charge is 0.160 e. The highest BCUT2D eigenvalue weighted by atomic mass is 16.5. The van der Waals surface area contributed by atoms with Crippen LogP contribution in [-0.4, -0.2) is 18.1 Å².